The van der Waals surface area contributed by atoms with Gasteiger partial charge < -0.3 is 25.0 Å². The topological polar surface area (TPSA) is 97.3 Å². The Kier molecular flexibility index (Phi) is 6.87. The van der Waals surface area contributed by atoms with Crippen molar-refractivity contribution in [2.75, 3.05) is 35.7 Å². The van der Waals surface area contributed by atoms with E-state index in [1.54, 1.807) is 13.1 Å². The van der Waals surface area contributed by atoms with E-state index in [2.05, 4.69) is 35.5 Å². The molecule has 35 heavy (non-hydrogen) atoms. The number of benzene rings is 1. The molecule has 3 heterocycles. The number of rotatable bonds is 6. The van der Waals surface area contributed by atoms with Gasteiger partial charge in [0.15, 0.2) is 23.3 Å². The second-order valence-electron chi connectivity index (χ2n) is 7.97. The normalized spacial score (nSPS) is 18.3. The van der Waals surface area contributed by atoms with Crippen molar-refractivity contribution in [2.24, 2.45) is 0 Å². The predicted octanol–water partition coefficient (Wildman–Crippen LogP) is 4.37. The van der Waals surface area contributed by atoms with Gasteiger partial charge in [0.25, 0.3) is 0 Å². The van der Waals surface area contributed by atoms with Crippen LogP contribution >= 0.6 is 0 Å². The van der Waals surface area contributed by atoms with E-state index in [-0.39, 0.29) is 29.6 Å². The quantitative estimate of drug-likeness (QED) is 0.485. The summed E-state index contributed by atoms with van der Waals surface area (Å²) in [6.07, 6.45) is -3.77. The Morgan fingerprint density at radius 3 is 2.37 bits per heavy atom. The van der Waals surface area contributed by atoms with Gasteiger partial charge >= 0.3 is 6.36 Å². The minimum Gasteiger partial charge on any atom is -0.406 e. The average Bonchev–Trinajstić information content (AvgIpc) is 2.79. The van der Waals surface area contributed by atoms with E-state index in [9.17, 15) is 17.6 Å². The Bertz CT molecular complexity index is 1170. The summed E-state index contributed by atoms with van der Waals surface area (Å²) >= 11 is 0. The number of morpholine rings is 1. The Morgan fingerprint density at radius 2 is 1.74 bits per heavy atom. The van der Waals surface area contributed by atoms with Crippen molar-refractivity contribution in [3.8, 4) is 16.9 Å². The maximum Gasteiger partial charge on any atom is 0.573 e. The monoisotopic (exact) mass is 493 g/mol. The number of hydrogen-bond donors (Lipinski definition) is 2. The maximum absolute atomic E-state index is 14.5. The number of alkyl halides is 3. The zero-order valence-electron chi connectivity index (χ0n) is 19.1. The summed E-state index contributed by atoms with van der Waals surface area (Å²) in [7, 11) is 1.63. The number of ether oxygens (including phenoxy) is 2. The SMILES string of the molecule is CNc1nnc(Nc2nc(N3C[C@@H](C)O[C@@H](C)C3)ncc2F)cc1-c1ccc(OC(F)(F)F)cc1. The Balaban J connectivity index is 1.59. The molecule has 1 aromatic carbocycles. The van der Waals surface area contributed by atoms with Crippen LogP contribution in [0.3, 0.4) is 0 Å². The first-order valence-electron chi connectivity index (χ1n) is 10.7. The second kappa shape index (κ2) is 9.86. The molecule has 2 N–H and O–H groups in total. The standard InChI is InChI=1S/C22H23F4N7O2/c1-12-10-33(11-13(2)34-12)21-28-9-17(23)20(30-21)29-18-8-16(19(27-3)32-31-18)14-4-6-15(7-5-14)35-22(24,25)26/h4-9,12-13H,10-11H2,1-3H3,(H,27,32)(H,28,29,30,31)/t12-,13+. The summed E-state index contributed by atoms with van der Waals surface area (Å²) in [5, 5.41) is 13.8. The Morgan fingerprint density at radius 1 is 1.06 bits per heavy atom. The van der Waals surface area contributed by atoms with Gasteiger partial charge in [-0.15, -0.1) is 23.4 Å². The molecule has 0 saturated carbocycles. The summed E-state index contributed by atoms with van der Waals surface area (Å²) < 4.78 is 61.5. The van der Waals surface area contributed by atoms with E-state index < -0.39 is 12.2 Å². The van der Waals surface area contributed by atoms with Gasteiger partial charge in [0.1, 0.15) is 5.75 Å². The van der Waals surface area contributed by atoms with Gasteiger partial charge in [-0.25, -0.2) is 9.37 Å². The van der Waals surface area contributed by atoms with E-state index in [1.165, 1.54) is 24.3 Å². The fourth-order valence-electron chi connectivity index (χ4n) is 3.75. The fraction of sp³-hybridized carbons (Fsp3) is 0.364. The van der Waals surface area contributed by atoms with Gasteiger partial charge in [0.05, 0.1) is 18.4 Å². The third-order valence-corrected chi connectivity index (χ3v) is 5.11. The Hall–Kier alpha value is -3.74. The van der Waals surface area contributed by atoms with Crippen molar-refractivity contribution >= 4 is 23.4 Å². The molecule has 3 aromatic rings. The van der Waals surface area contributed by atoms with Crippen LogP contribution in [-0.2, 0) is 4.74 Å². The number of anilines is 4. The van der Waals surface area contributed by atoms with E-state index in [0.29, 0.717) is 36.0 Å². The van der Waals surface area contributed by atoms with Gasteiger partial charge in [-0.2, -0.15) is 4.98 Å². The largest absolute Gasteiger partial charge is 0.573 e. The molecule has 0 radical (unpaired) electrons. The van der Waals surface area contributed by atoms with Crippen LogP contribution in [0.5, 0.6) is 5.75 Å². The molecule has 13 heteroatoms. The molecule has 186 valence electrons. The smallest absolute Gasteiger partial charge is 0.406 e. The van der Waals surface area contributed by atoms with Crippen molar-refractivity contribution in [3.05, 3.63) is 42.3 Å². The summed E-state index contributed by atoms with van der Waals surface area (Å²) in [5.74, 6) is -0.223. The number of hydrogen-bond acceptors (Lipinski definition) is 9. The number of nitrogens with one attached hydrogen (secondary N) is 2. The van der Waals surface area contributed by atoms with Crippen LogP contribution in [0.15, 0.2) is 36.5 Å². The molecule has 1 saturated heterocycles. The minimum absolute atomic E-state index is 0.0285. The van der Waals surface area contributed by atoms with Crippen molar-refractivity contribution < 1.29 is 27.0 Å². The highest BCUT2D eigenvalue weighted by Gasteiger charge is 2.31. The van der Waals surface area contributed by atoms with Crippen LogP contribution in [0.25, 0.3) is 11.1 Å². The summed E-state index contributed by atoms with van der Waals surface area (Å²) in [5.41, 5.74) is 1.07. The molecular formula is C22H23F4N7O2. The van der Waals surface area contributed by atoms with Gasteiger partial charge in [0, 0.05) is 25.7 Å². The third kappa shape index (κ3) is 6.04. The van der Waals surface area contributed by atoms with Crippen molar-refractivity contribution in [1.29, 1.82) is 0 Å². The highest BCUT2D eigenvalue weighted by molar-refractivity contribution is 5.78. The molecule has 0 amide bonds. The lowest BCUT2D eigenvalue weighted by Crippen LogP contribution is -2.46. The number of nitrogens with zero attached hydrogens (tertiary/aromatic N) is 5. The van der Waals surface area contributed by atoms with Crippen molar-refractivity contribution in [1.82, 2.24) is 20.2 Å². The molecule has 0 unspecified atom stereocenters. The van der Waals surface area contributed by atoms with Gasteiger partial charge in [-0.05, 0) is 37.6 Å². The lowest BCUT2D eigenvalue weighted by molar-refractivity contribution is -0.274. The Labute approximate surface area is 198 Å². The first-order chi connectivity index (χ1) is 16.6. The number of aromatic nitrogens is 4. The maximum atomic E-state index is 14.5. The summed E-state index contributed by atoms with van der Waals surface area (Å²) in [6, 6.07) is 6.87. The molecule has 2 aromatic heterocycles. The zero-order valence-corrected chi connectivity index (χ0v) is 19.1. The van der Waals surface area contributed by atoms with Gasteiger partial charge in [-0.1, -0.05) is 12.1 Å². The molecular weight excluding hydrogens is 470 g/mol. The second-order valence-corrected chi connectivity index (χ2v) is 7.97. The average molecular weight is 493 g/mol. The predicted molar refractivity (Wildman–Crippen MR) is 121 cm³/mol. The summed E-state index contributed by atoms with van der Waals surface area (Å²) in [4.78, 5) is 10.3. The van der Waals surface area contributed by atoms with Gasteiger partial charge in [-0.3, -0.25) is 0 Å². The van der Waals surface area contributed by atoms with Crippen LogP contribution in [0, 0.1) is 5.82 Å². The summed E-state index contributed by atoms with van der Waals surface area (Å²) in [6.45, 7) is 5.00. The fourth-order valence-corrected chi connectivity index (χ4v) is 3.75. The molecule has 2 atom stereocenters. The minimum atomic E-state index is -4.79. The van der Waals surface area contributed by atoms with Crippen LogP contribution in [-0.4, -0.2) is 58.9 Å². The molecule has 1 aliphatic rings. The van der Waals surface area contributed by atoms with E-state index in [1.807, 2.05) is 18.7 Å². The molecule has 0 bridgehead atoms. The van der Waals surface area contributed by atoms with Crippen molar-refractivity contribution in [3.63, 3.8) is 0 Å². The van der Waals surface area contributed by atoms with Crippen LogP contribution in [0.1, 0.15) is 13.8 Å². The first-order valence-corrected chi connectivity index (χ1v) is 10.7. The zero-order chi connectivity index (χ0) is 25.2. The van der Waals surface area contributed by atoms with Crippen LogP contribution in [0.4, 0.5) is 41.0 Å². The van der Waals surface area contributed by atoms with E-state index in [0.717, 1.165) is 6.20 Å². The van der Waals surface area contributed by atoms with Crippen LogP contribution < -0.4 is 20.3 Å². The molecule has 1 fully saturated rings. The third-order valence-electron chi connectivity index (χ3n) is 5.11. The molecule has 0 aliphatic carbocycles. The van der Waals surface area contributed by atoms with E-state index >= 15 is 0 Å². The van der Waals surface area contributed by atoms with E-state index in [4.69, 9.17) is 4.74 Å². The van der Waals surface area contributed by atoms with Crippen LogP contribution in [0.2, 0.25) is 0 Å². The molecule has 1 aliphatic heterocycles. The molecule has 9 nitrogen and oxygen atoms in total. The van der Waals surface area contributed by atoms with Crippen molar-refractivity contribution in [2.45, 2.75) is 32.4 Å². The first kappa shape index (κ1) is 24.4. The van der Waals surface area contributed by atoms with Gasteiger partial charge in [0.2, 0.25) is 5.95 Å². The lowest BCUT2D eigenvalue weighted by Gasteiger charge is -2.35. The molecule has 4 rings (SSSR count). The lowest BCUT2D eigenvalue weighted by atomic mass is 10.1. The highest BCUT2D eigenvalue weighted by Crippen LogP contribution is 2.31. The number of halogens is 4. The highest BCUT2D eigenvalue weighted by atomic mass is 19.4. The molecule has 0 spiro atoms.